The van der Waals surface area contributed by atoms with E-state index in [1.54, 1.807) is 0 Å². The summed E-state index contributed by atoms with van der Waals surface area (Å²) in [5.41, 5.74) is 6.72. The second-order valence-electron chi connectivity index (χ2n) is 8.41. The van der Waals surface area contributed by atoms with Crippen LogP contribution in [-0.4, -0.2) is 25.2 Å². The molecule has 0 saturated heterocycles. The van der Waals surface area contributed by atoms with Crippen molar-refractivity contribution in [2.75, 3.05) is 5.32 Å². The molecule has 1 saturated carbocycles. The Morgan fingerprint density at radius 3 is 2.53 bits per heavy atom. The Balaban J connectivity index is 1.58. The topological polar surface area (TPSA) is 70.9 Å². The molecule has 0 amide bonds. The zero-order valence-electron chi connectivity index (χ0n) is 17.5. The van der Waals surface area contributed by atoms with Gasteiger partial charge in [0.25, 0.3) is 0 Å². The first-order valence-electron chi connectivity index (χ1n) is 10.7. The van der Waals surface area contributed by atoms with Gasteiger partial charge < -0.3 is 9.88 Å². The summed E-state index contributed by atoms with van der Waals surface area (Å²) in [4.78, 5) is 0. The lowest BCUT2D eigenvalue weighted by atomic mass is 9.87. The lowest BCUT2D eigenvalue weighted by Crippen LogP contribution is -2.26. The zero-order valence-corrected chi connectivity index (χ0v) is 17.5. The lowest BCUT2D eigenvalue weighted by molar-refractivity contribution is 0.397. The van der Waals surface area contributed by atoms with Crippen LogP contribution in [0.1, 0.15) is 42.8 Å². The molecule has 1 fully saturated rings. The number of hydrogen-bond donors (Lipinski definition) is 1. The molecule has 1 aromatic carbocycles. The Morgan fingerprint density at radius 2 is 1.80 bits per heavy atom. The second-order valence-corrected chi connectivity index (χ2v) is 8.41. The monoisotopic (exact) mass is 398 g/mol. The van der Waals surface area contributed by atoms with Crippen molar-refractivity contribution in [2.24, 2.45) is 5.92 Å². The third kappa shape index (κ3) is 3.21. The first kappa shape index (κ1) is 18.7. The van der Waals surface area contributed by atoms with Crippen molar-refractivity contribution in [3.05, 3.63) is 59.5 Å². The molecule has 3 aromatic heterocycles. The Bertz CT molecular complexity index is 1240. The van der Waals surface area contributed by atoms with Crippen LogP contribution in [0.15, 0.2) is 42.5 Å². The van der Waals surface area contributed by atoms with E-state index in [2.05, 4.69) is 79.9 Å². The normalized spacial score (nSPS) is 19.2. The van der Waals surface area contributed by atoms with Gasteiger partial charge in [0.05, 0.1) is 22.8 Å². The lowest BCUT2D eigenvalue weighted by Gasteiger charge is -2.26. The number of aryl methyl sites for hydroxylation is 2. The van der Waals surface area contributed by atoms with Gasteiger partial charge in [-0.2, -0.15) is 5.26 Å². The van der Waals surface area contributed by atoms with E-state index in [1.807, 2.05) is 6.92 Å². The fraction of sp³-hybridized carbons (Fsp3) is 0.375. The number of nitriles is 1. The summed E-state index contributed by atoms with van der Waals surface area (Å²) in [6, 6.07) is 17.8. The molecule has 0 bridgehead atoms. The molecule has 1 N–H and O–H groups in total. The van der Waals surface area contributed by atoms with Crippen LogP contribution in [0, 0.1) is 31.1 Å². The van der Waals surface area contributed by atoms with Crippen molar-refractivity contribution in [2.45, 2.75) is 52.1 Å². The first-order valence-corrected chi connectivity index (χ1v) is 10.7. The average Bonchev–Trinajstić information content (AvgIpc) is 3.30. The van der Waals surface area contributed by atoms with Gasteiger partial charge in [0.1, 0.15) is 5.82 Å². The van der Waals surface area contributed by atoms with E-state index in [-0.39, 0.29) is 5.92 Å². The van der Waals surface area contributed by atoms with Crippen LogP contribution in [0.2, 0.25) is 0 Å². The van der Waals surface area contributed by atoms with E-state index < -0.39 is 0 Å². The van der Waals surface area contributed by atoms with Crippen molar-refractivity contribution in [1.29, 1.82) is 5.26 Å². The summed E-state index contributed by atoms with van der Waals surface area (Å²) in [5.74, 6) is 1.09. The van der Waals surface area contributed by atoms with E-state index in [0.717, 1.165) is 54.9 Å². The Morgan fingerprint density at radius 1 is 1.03 bits per heavy atom. The predicted molar refractivity (Wildman–Crippen MR) is 118 cm³/mol. The van der Waals surface area contributed by atoms with E-state index in [4.69, 9.17) is 0 Å². The molecule has 0 aliphatic heterocycles. The highest BCUT2D eigenvalue weighted by atomic mass is 15.3. The van der Waals surface area contributed by atoms with E-state index in [0.29, 0.717) is 6.04 Å². The molecule has 5 rings (SSSR count). The SMILES string of the molecule is Cc1cc2c(cc(N[C@H]3CC[C@H](C#N)CC3)c3nnc(C)n32)n1Cc1ccccc1. The van der Waals surface area contributed by atoms with E-state index in [1.165, 1.54) is 16.8 Å². The van der Waals surface area contributed by atoms with Crippen LogP contribution in [0.5, 0.6) is 0 Å². The van der Waals surface area contributed by atoms with Gasteiger partial charge in [0, 0.05) is 24.2 Å². The largest absolute Gasteiger partial charge is 0.379 e. The summed E-state index contributed by atoms with van der Waals surface area (Å²) in [5, 5.41) is 21.8. The summed E-state index contributed by atoms with van der Waals surface area (Å²) >= 11 is 0. The first-order chi connectivity index (χ1) is 14.6. The standard InChI is InChI=1S/C24H26N6/c1-16-12-23-22(29(16)15-19-6-4-3-5-7-19)13-21(24-28-27-17(2)30(23)24)26-20-10-8-18(14-25)9-11-20/h3-7,12-13,18,20,26H,8-11,15H2,1-2H3/t18-,20-. The molecule has 152 valence electrons. The molecular weight excluding hydrogens is 372 g/mol. The molecule has 30 heavy (non-hydrogen) atoms. The van der Waals surface area contributed by atoms with Crippen LogP contribution in [0.3, 0.4) is 0 Å². The number of aromatic nitrogens is 4. The van der Waals surface area contributed by atoms with Gasteiger partial charge in [-0.05, 0) is 57.2 Å². The van der Waals surface area contributed by atoms with Gasteiger partial charge in [-0.3, -0.25) is 4.40 Å². The Labute approximate surface area is 176 Å². The molecule has 0 radical (unpaired) electrons. The molecule has 0 spiro atoms. The second kappa shape index (κ2) is 7.49. The number of hydrogen-bond acceptors (Lipinski definition) is 4. The fourth-order valence-corrected chi connectivity index (χ4v) is 4.70. The highest BCUT2D eigenvalue weighted by Crippen LogP contribution is 2.31. The zero-order chi connectivity index (χ0) is 20.7. The van der Waals surface area contributed by atoms with Crippen molar-refractivity contribution in [1.82, 2.24) is 19.2 Å². The number of fused-ring (bicyclic) bond motifs is 3. The summed E-state index contributed by atoms with van der Waals surface area (Å²) in [6.07, 6.45) is 3.95. The van der Waals surface area contributed by atoms with Gasteiger partial charge in [-0.25, -0.2) is 0 Å². The molecule has 1 aliphatic rings. The quantitative estimate of drug-likeness (QED) is 0.534. The van der Waals surface area contributed by atoms with Crippen LogP contribution < -0.4 is 5.32 Å². The third-order valence-electron chi connectivity index (χ3n) is 6.37. The van der Waals surface area contributed by atoms with Crippen LogP contribution in [-0.2, 0) is 6.54 Å². The van der Waals surface area contributed by atoms with Crippen molar-refractivity contribution >= 4 is 22.4 Å². The van der Waals surface area contributed by atoms with Gasteiger partial charge in [0.15, 0.2) is 5.65 Å². The van der Waals surface area contributed by atoms with Gasteiger partial charge in [-0.15, -0.1) is 10.2 Å². The van der Waals surface area contributed by atoms with Crippen molar-refractivity contribution in [3.8, 4) is 6.07 Å². The number of pyridine rings is 1. The van der Waals surface area contributed by atoms with Crippen LogP contribution in [0.25, 0.3) is 16.7 Å². The van der Waals surface area contributed by atoms with E-state index >= 15 is 0 Å². The van der Waals surface area contributed by atoms with Gasteiger partial charge in [0.2, 0.25) is 0 Å². The number of rotatable bonds is 4. The highest BCUT2D eigenvalue weighted by Gasteiger charge is 2.23. The molecule has 3 heterocycles. The number of nitrogens with one attached hydrogen (secondary N) is 1. The number of anilines is 1. The molecule has 1 aliphatic carbocycles. The summed E-state index contributed by atoms with van der Waals surface area (Å²) < 4.78 is 4.52. The summed E-state index contributed by atoms with van der Waals surface area (Å²) in [6.45, 7) is 4.99. The van der Waals surface area contributed by atoms with Gasteiger partial charge in [-0.1, -0.05) is 30.3 Å². The molecule has 4 aromatic rings. The minimum atomic E-state index is 0.201. The molecule has 0 unspecified atom stereocenters. The van der Waals surface area contributed by atoms with Crippen molar-refractivity contribution in [3.63, 3.8) is 0 Å². The van der Waals surface area contributed by atoms with Crippen LogP contribution >= 0.6 is 0 Å². The minimum Gasteiger partial charge on any atom is -0.379 e. The molecule has 0 atom stereocenters. The highest BCUT2D eigenvalue weighted by molar-refractivity contribution is 5.88. The van der Waals surface area contributed by atoms with Crippen molar-refractivity contribution < 1.29 is 0 Å². The maximum absolute atomic E-state index is 9.19. The Hall–Kier alpha value is -3.33. The Kier molecular flexibility index (Phi) is 4.66. The smallest absolute Gasteiger partial charge is 0.184 e. The average molecular weight is 399 g/mol. The third-order valence-corrected chi connectivity index (χ3v) is 6.37. The summed E-state index contributed by atoms with van der Waals surface area (Å²) in [7, 11) is 0. The fourth-order valence-electron chi connectivity index (χ4n) is 4.70. The maximum Gasteiger partial charge on any atom is 0.184 e. The molecule has 6 nitrogen and oxygen atoms in total. The minimum absolute atomic E-state index is 0.201. The number of nitrogens with zero attached hydrogens (tertiary/aromatic N) is 5. The van der Waals surface area contributed by atoms with E-state index in [9.17, 15) is 5.26 Å². The van der Waals surface area contributed by atoms with Crippen LogP contribution in [0.4, 0.5) is 5.69 Å². The maximum atomic E-state index is 9.19. The number of benzene rings is 1. The predicted octanol–water partition coefficient (Wildman–Crippen LogP) is 4.84. The van der Waals surface area contributed by atoms with Gasteiger partial charge >= 0.3 is 0 Å². The molecular formula is C24H26N6. The molecule has 6 heteroatoms.